The Morgan fingerprint density at radius 2 is 1.72 bits per heavy atom. The van der Waals surface area contributed by atoms with Crippen molar-refractivity contribution in [1.29, 1.82) is 0 Å². The van der Waals surface area contributed by atoms with Crippen LogP contribution < -0.4 is 0 Å². The zero-order valence-corrected chi connectivity index (χ0v) is 10.2. The van der Waals surface area contributed by atoms with Crippen molar-refractivity contribution in [3.63, 3.8) is 0 Å². The largest absolute Gasteiger partial charge is 0.394 e. The van der Waals surface area contributed by atoms with Crippen molar-refractivity contribution in [2.24, 2.45) is 23.7 Å². The Kier molecular flexibility index (Phi) is 1.93. The minimum absolute atomic E-state index is 0.0180. The van der Waals surface area contributed by atoms with Crippen LogP contribution in [0.5, 0.6) is 0 Å². The molecule has 1 heterocycles. The van der Waals surface area contributed by atoms with Gasteiger partial charge in [-0.3, -0.25) is 14.5 Å². The highest BCUT2D eigenvalue weighted by atomic mass is 16.3. The van der Waals surface area contributed by atoms with Gasteiger partial charge in [0.05, 0.1) is 24.0 Å². The molecule has 4 unspecified atom stereocenters. The van der Waals surface area contributed by atoms with E-state index in [-0.39, 0.29) is 42.1 Å². The first kappa shape index (κ1) is 10.7. The molecule has 1 aliphatic heterocycles. The van der Waals surface area contributed by atoms with Crippen LogP contribution in [0.2, 0.25) is 0 Å². The molecule has 18 heavy (non-hydrogen) atoms. The van der Waals surface area contributed by atoms with Gasteiger partial charge in [0.25, 0.3) is 0 Å². The van der Waals surface area contributed by atoms with E-state index in [0.29, 0.717) is 0 Å². The van der Waals surface area contributed by atoms with Gasteiger partial charge in [0.2, 0.25) is 11.8 Å². The fraction of sp³-hybridized carbons (Fsp3) is 0.714. The van der Waals surface area contributed by atoms with Crippen LogP contribution in [0.1, 0.15) is 25.7 Å². The van der Waals surface area contributed by atoms with Gasteiger partial charge in [0.1, 0.15) is 0 Å². The Labute approximate surface area is 106 Å². The van der Waals surface area contributed by atoms with Crippen LogP contribution in [-0.4, -0.2) is 34.0 Å². The van der Waals surface area contributed by atoms with E-state index < -0.39 is 5.54 Å². The monoisotopic (exact) mass is 247 g/mol. The Morgan fingerprint density at radius 3 is 2.11 bits per heavy atom. The lowest BCUT2D eigenvalue weighted by Crippen LogP contribution is -2.59. The third-order valence-electron chi connectivity index (χ3n) is 5.52. The van der Waals surface area contributed by atoms with Gasteiger partial charge in [-0.1, -0.05) is 12.2 Å². The van der Waals surface area contributed by atoms with Gasteiger partial charge in [-0.05, 0) is 37.5 Å². The lowest BCUT2D eigenvalue weighted by atomic mass is 9.76. The molecule has 0 radical (unpaired) electrons. The van der Waals surface area contributed by atoms with Gasteiger partial charge in [-0.25, -0.2) is 0 Å². The molecule has 3 fully saturated rings. The minimum atomic E-state index is -0.558. The number of aliphatic hydroxyl groups is 1. The maximum atomic E-state index is 12.5. The van der Waals surface area contributed by atoms with Gasteiger partial charge in [-0.2, -0.15) is 0 Å². The molecule has 96 valence electrons. The highest BCUT2D eigenvalue weighted by molar-refractivity contribution is 6.07. The number of amides is 2. The summed E-state index contributed by atoms with van der Waals surface area (Å²) in [6.07, 6.45) is 7.71. The Bertz CT molecular complexity index is 430. The Balaban J connectivity index is 1.72. The van der Waals surface area contributed by atoms with Crippen LogP contribution in [0.15, 0.2) is 12.2 Å². The van der Waals surface area contributed by atoms with Crippen LogP contribution >= 0.6 is 0 Å². The first-order valence-corrected chi connectivity index (χ1v) is 6.85. The third-order valence-corrected chi connectivity index (χ3v) is 5.52. The predicted octanol–water partition coefficient (Wildman–Crippen LogP) is 0.708. The fourth-order valence-electron chi connectivity index (χ4n) is 4.41. The SMILES string of the molecule is O=C1C2C3C=CC(C3)C2C(=O)N1C1(CO)CCC1. The average Bonchev–Trinajstić information content (AvgIpc) is 2.96. The second-order valence-corrected chi connectivity index (χ2v) is 6.25. The molecule has 4 rings (SSSR count). The van der Waals surface area contributed by atoms with Gasteiger partial charge in [0.15, 0.2) is 0 Å². The summed E-state index contributed by atoms with van der Waals surface area (Å²) in [4.78, 5) is 26.5. The molecule has 0 aromatic rings. The molecule has 0 aromatic carbocycles. The van der Waals surface area contributed by atoms with Crippen molar-refractivity contribution in [3.8, 4) is 0 Å². The zero-order valence-electron chi connectivity index (χ0n) is 10.2. The van der Waals surface area contributed by atoms with Crippen LogP contribution in [0.4, 0.5) is 0 Å². The van der Waals surface area contributed by atoms with E-state index in [1.807, 2.05) is 0 Å². The number of hydrogen-bond acceptors (Lipinski definition) is 3. The van der Waals surface area contributed by atoms with E-state index in [2.05, 4.69) is 12.2 Å². The van der Waals surface area contributed by atoms with Crippen LogP contribution in [0, 0.1) is 23.7 Å². The molecule has 1 saturated heterocycles. The first-order chi connectivity index (χ1) is 8.68. The summed E-state index contributed by atoms with van der Waals surface area (Å²) in [6.45, 7) is -0.0767. The molecule has 1 N–H and O–H groups in total. The van der Waals surface area contributed by atoms with Crippen LogP contribution in [0.25, 0.3) is 0 Å². The first-order valence-electron chi connectivity index (χ1n) is 6.85. The summed E-state index contributed by atoms with van der Waals surface area (Å²) < 4.78 is 0. The van der Waals surface area contributed by atoms with E-state index in [4.69, 9.17) is 0 Å². The minimum Gasteiger partial charge on any atom is -0.394 e. The predicted molar refractivity (Wildman–Crippen MR) is 63.2 cm³/mol. The van der Waals surface area contributed by atoms with E-state index in [1.54, 1.807) is 0 Å². The molecule has 2 saturated carbocycles. The third kappa shape index (κ3) is 1.02. The molecule has 4 atom stereocenters. The maximum Gasteiger partial charge on any atom is 0.234 e. The Morgan fingerprint density at radius 1 is 1.17 bits per heavy atom. The number of aliphatic hydroxyl groups excluding tert-OH is 1. The molecule has 0 spiro atoms. The number of imide groups is 1. The van der Waals surface area contributed by atoms with E-state index in [0.717, 1.165) is 25.7 Å². The summed E-state index contributed by atoms with van der Waals surface area (Å²) in [5.74, 6) is 0.230. The van der Waals surface area contributed by atoms with Crippen LogP contribution in [0.3, 0.4) is 0 Å². The number of carbonyl (C=O) groups excluding carboxylic acids is 2. The second-order valence-electron chi connectivity index (χ2n) is 6.25. The highest BCUT2D eigenvalue weighted by Crippen LogP contribution is 2.55. The average molecular weight is 247 g/mol. The van der Waals surface area contributed by atoms with E-state index in [9.17, 15) is 14.7 Å². The lowest BCUT2D eigenvalue weighted by Gasteiger charge is -2.46. The van der Waals surface area contributed by atoms with Gasteiger partial charge in [-0.15, -0.1) is 0 Å². The zero-order chi connectivity index (χ0) is 12.5. The number of carbonyl (C=O) groups is 2. The summed E-state index contributed by atoms with van der Waals surface area (Å²) >= 11 is 0. The molecule has 4 heteroatoms. The summed E-state index contributed by atoms with van der Waals surface area (Å²) in [5, 5.41) is 9.58. The second kappa shape index (κ2) is 3.23. The summed E-state index contributed by atoms with van der Waals surface area (Å²) in [5.41, 5.74) is -0.558. The highest BCUT2D eigenvalue weighted by Gasteiger charge is 2.63. The van der Waals surface area contributed by atoms with E-state index >= 15 is 0 Å². The standard InChI is InChI=1S/C14H17NO3/c16-7-14(4-1-5-14)15-12(17)10-8-2-3-9(6-8)11(10)13(15)18/h2-3,8-11,16H,1,4-7H2. The number of nitrogens with zero attached hydrogens (tertiary/aromatic N) is 1. The number of allylic oxidation sites excluding steroid dienone is 2. The van der Waals surface area contributed by atoms with Crippen LogP contribution in [-0.2, 0) is 9.59 Å². The molecule has 2 bridgehead atoms. The maximum absolute atomic E-state index is 12.5. The molecule has 4 aliphatic rings. The quantitative estimate of drug-likeness (QED) is 0.577. The smallest absolute Gasteiger partial charge is 0.234 e. The Hall–Kier alpha value is -1.16. The topological polar surface area (TPSA) is 57.6 Å². The summed E-state index contributed by atoms with van der Waals surface area (Å²) in [6, 6.07) is 0. The van der Waals surface area contributed by atoms with Crippen molar-refractivity contribution >= 4 is 11.8 Å². The number of rotatable bonds is 2. The molecular weight excluding hydrogens is 230 g/mol. The molecular formula is C14H17NO3. The molecule has 4 nitrogen and oxygen atoms in total. The normalized spacial score (nSPS) is 43.5. The number of likely N-dealkylation sites (tertiary alicyclic amines) is 1. The molecule has 0 aromatic heterocycles. The molecule has 3 aliphatic carbocycles. The lowest BCUT2D eigenvalue weighted by molar-refractivity contribution is -0.155. The van der Waals surface area contributed by atoms with Gasteiger partial charge >= 0.3 is 0 Å². The van der Waals surface area contributed by atoms with Crippen molar-refractivity contribution in [3.05, 3.63) is 12.2 Å². The van der Waals surface area contributed by atoms with Crippen molar-refractivity contribution < 1.29 is 14.7 Å². The fourth-order valence-corrected chi connectivity index (χ4v) is 4.41. The van der Waals surface area contributed by atoms with Crippen molar-refractivity contribution in [1.82, 2.24) is 4.90 Å². The number of fused-ring (bicyclic) bond motifs is 5. The molecule has 2 amide bonds. The van der Waals surface area contributed by atoms with Crippen molar-refractivity contribution in [2.45, 2.75) is 31.2 Å². The van der Waals surface area contributed by atoms with Crippen molar-refractivity contribution in [2.75, 3.05) is 6.61 Å². The number of hydrogen-bond donors (Lipinski definition) is 1. The van der Waals surface area contributed by atoms with Gasteiger partial charge in [0, 0.05) is 0 Å². The van der Waals surface area contributed by atoms with Gasteiger partial charge < -0.3 is 5.11 Å². The summed E-state index contributed by atoms with van der Waals surface area (Å²) in [7, 11) is 0. The van der Waals surface area contributed by atoms with E-state index in [1.165, 1.54) is 4.90 Å².